The molecule has 0 aliphatic rings. The smallest absolute Gasteiger partial charge is 0.335 e. The predicted molar refractivity (Wildman–Crippen MR) is 80.7 cm³/mol. The first-order valence-electron chi connectivity index (χ1n) is 6.20. The normalized spacial score (nSPS) is 10.3. The summed E-state index contributed by atoms with van der Waals surface area (Å²) >= 11 is 1.72. The highest BCUT2D eigenvalue weighted by Crippen LogP contribution is 2.26. The molecule has 0 bridgehead atoms. The van der Waals surface area contributed by atoms with Gasteiger partial charge in [0.2, 0.25) is 0 Å². The molecule has 104 valence electrons. The molecule has 20 heavy (non-hydrogen) atoms. The van der Waals surface area contributed by atoms with Crippen molar-refractivity contribution in [2.75, 3.05) is 7.11 Å². The third-order valence-corrected chi connectivity index (χ3v) is 4.10. The number of carbonyl (C=O) groups is 1. The van der Waals surface area contributed by atoms with Gasteiger partial charge in [-0.2, -0.15) is 0 Å². The lowest BCUT2D eigenvalue weighted by atomic mass is 10.1. The van der Waals surface area contributed by atoms with E-state index in [1.54, 1.807) is 31.0 Å². The first-order chi connectivity index (χ1) is 9.60. The van der Waals surface area contributed by atoms with E-state index in [1.165, 1.54) is 0 Å². The van der Waals surface area contributed by atoms with Gasteiger partial charge >= 0.3 is 5.97 Å². The molecule has 2 aromatic carbocycles. The first-order valence-corrected chi connectivity index (χ1v) is 7.18. The van der Waals surface area contributed by atoms with Crippen molar-refractivity contribution in [2.45, 2.75) is 17.6 Å². The Morgan fingerprint density at radius 2 is 1.90 bits per heavy atom. The number of rotatable bonds is 5. The Kier molecular flexibility index (Phi) is 4.69. The number of thioether (sulfide) groups is 1. The van der Waals surface area contributed by atoms with E-state index < -0.39 is 5.97 Å². The summed E-state index contributed by atoms with van der Waals surface area (Å²) in [6.07, 6.45) is 0. The molecule has 2 rings (SSSR count). The summed E-state index contributed by atoms with van der Waals surface area (Å²) < 4.78 is 5.12. The molecule has 0 fully saturated rings. The number of methoxy groups -OCH3 is 1. The molecule has 0 spiro atoms. The number of aromatic carboxylic acids is 1. The summed E-state index contributed by atoms with van der Waals surface area (Å²) in [5, 5.41) is 8.94. The summed E-state index contributed by atoms with van der Waals surface area (Å²) in [4.78, 5) is 12.0. The molecule has 0 amide bonds. The topological polar surface area (TPSA) is 46.5 Å². The van der Waals surface area contributed by atoms with Crippen LogP contribution in [0.3, 0.4) is 0 Å². The summed E-state index contributed by atoms with van der Waals surface area (Å²) in [6, 6.07) is 13.2. The highest BCUT2D eigenvalue weighted by atomic mass is 32.2. The number of ether oxygens (including phenoxy) is 1. The Hall–Kier alpha value is -1.94. The SMILES string of the molecule is COc1ccc(SCc2ccc(C(=O)O)cc2C)cc1. The number of hydrogen-bond acceptors (Lipinski definition) is 3. The van der Waals surface area contributed by atoms with Crippen LogP contribution in [0.2, 0.25) is 0 Å². The summed E-state index contributed by atoms with van der Waals surface area (Å²) in [6.45, 7) is 1.94. The maximum absolute atomic E-state index is 10.9. The van der Waals surface area contributed by atoms with Crippen LogP contribution < -0.4 is 4.74 Å². The number of benzene rings is 2. The quantitative estimate of drug-likeness (QED) is 0.845. The van der Waals surface area contributed by atoms with Gasteiger partial charge in [-0.1, -0.05) is 6.07 Å². The number of carboxylic acid groups (broad SMARTS) is 1. The second kappa shape index (κ2) is 6.48. The number of hydrogen-bond donors (Lipinski definition) is 1. The minimum absolute atomic E-state index is 0.334. The molecule has 0 aliphatic carbocycles. The van der Waals surface area contributed by atoms with Crippen LogP contribution in [0.1, 0.15) is 21.5 Å². The van der Waals surface area contributed by atoms with E-state index in [0.29, 0.717) is 5.56 Å². The van der Waals surface area contributed by atoms with Crippen molar-refractivity contribution in [1.82, 2.24) is 0 Å². The fraction of sp³-hybridized carbons (Fsp3) is 0.188. The van der Waals surface area contributed by atoms with Gasteiger partial charge in [0.15, 0.2) is 0 Å². The third kappa shape index (κ3) is 3.54. The second-order valence-electron chi connectivity index (χ2n) is 4.41. The largest absolute Gasteiger partial charge is 0.497 e. The molecule has 3 nitrogen and oxygen atoms in total. The Bertz CT molecular complexity index is 606. The van der Waals surface area contributed by atoms with Gasteiger partial charge in [-0.25, -0.2) is 4.79 Å². The third-order valence-electron chi connectivity index (χ3n) is 3.04. The van der Waals surface area contributed by atoms with Crippen LogP contribution in [0.5, 0.6) is 5.75 Å². The highest BCUT2D eigenvalue weighted by Gasteiger charge is 2.06. The molecule has 4 heteroatoms. The van der Waals surface area contributed by atoms with Crippen molar-refractivity contribution in [3.05, 3.63) is 59.2 Å². The van der Waals surface area contributed by atoms with Crippen molar-refractivity contribution in [3.8, 4) is 5.75 Å². The Labute approximate surface area is 122 Å². The highest BCUT2D eigenvalue weighted by molar-refractivity contribution is 7.98. The Morgan fingerprint density at radius 3 is 2.45 bits per heavy atom. The van der Waals surface area contributed by atoms with Gasteiger partial charge in [0.1, 0.15) is 5.75 Å². The zero-order chi connectivity index (χ0) is 14.5. The predicted octanol–water partition coefficient (Wildman–Crippen LogP) is 3.99. The van der Waals surface area contributed by atoms with E-state index in [4.69, 9.17) is 9.84 Å². The van der Waals surface area contributed by atoms with Gasteiger partial charge in [0, 0.05) is 10.6 Å². The molecule has 0 aromatic heterocycles. The lowest BCUT2D eigenvalue weighted by Gasteiger charge is -2.07. The van der Waals surface area contributed by atoms with Gasteiger partial charge in [0.05, 0.1) is 12.7 Å². The van der Waals surface area contributed by atoms with Crippen LogP contribution in [0.4, 0.5) is 0 Å². The van der Waals surface area contributed by atoms with E-state index in [9.17, 15) is 4.79 Å². The van der Waals surface area contributed by atoms with Crippen LogP contribution >= 0.6 is 11.8 Å². The molecule has 1 N–H and O–H groups in total. The monoisotopic (exact) mass is 288 g/mol. The minimum atomic E-state index is -0.887. The fourth-order valence-electron chi connectivity index (χ4n) is 1.82. The van der Waals surface area contributed by atoms with E-state index in [1.807, 2.05) is 37.3 Å². The molecular weight excluding hydrogens is 272 g/mol. The van der Waals surface area contributed by atoms with Gasteiger partial charge in [-0.15, -0.1) is 11.8 Å². The fourth-order valence-corrected chi connectivity index (χ4v) is 2.80. The zero-order valence-electron chi connectivity index (χ0n) is 11.4. The first kappa shape index (κ1) is 14.5. The van der Waals surface area contributed by atoms with Crippen LogP contribution in [0, 0.1) is 6.92 Å². The van der Waals surface area contributed by atoms with Crippen LogP contribution in [0.25, 0.3) is 0 Å². The van der Waals surface area contributed by atoms with E-state index in [-0.39, 0.29) is 0 Å². The average molecular weight is 288 g/mol. The standard InChI is InChI=1S/C16H16O3S/c1-11-9-12(16(17)18)3-4-13(11)10-20-15-7-5-14(19-2)6-8-15/h3-9H,10H2,1-2H3,(H,17,18). The molecule has 0 aliphatic heterocycles. The van der Waals surface area contributed by atoms with E-state index in [2.05, 4.69) is 0 Å². The van der Waals surface area contributed by atoms with Gasteiger partial charge in [0.25, 0.3) is 0 Å². The maximum atomic E-state index is 10.9. The average Bonchev–Trinajstić information content (AvgIpc) is 2.46. The van der Waals surface area contributed by atoms with Gasteiger partial charge < -0.3 is 9.84 Å². The molecule has 0 saturated heterocycles. The Morgan fingerprint density at radius 1 is 1.20 bits per heavy atom. The maximum Gasteiger partial charge on any atom is 0.335 e. The summed E-state index contributed by atoms with van der Waals surface area (Å²) in [5.41, 5.74) is 2.49. The van der Waals surface area contributed by atoms with Crippen LogP contribution in [0.15, 0.2) is 47.4 Å². The molecule has 0 saturated carbocycles. The van der Waals surface area contributed by atoms with Crippen molar-refractivity contribution < 1.29 is 14.6 Å². The lowest BCUT2D eigenvalue weighted by Crippen LogP contribution is -1.98. The molecular formula is C16H16O3S. The number of aryl methyl sites for hydroxylation is 1. The Balaban J connectivity index is 2.04. The van der Waals surface area contributed by atoms with Gasteiger partial charge in [-0.05, 0) is 54.4 Å². The van der Waals surface area contributed by atoms with Crippen LogP contribution in [-0.4, -0.2) is 18.2 Å². The number of carboxylic acids is 1. The van der Waals surface area contributed by atoms with E-state index >= 15 is 0 Å². The molecule has 0 atom stereocenters. The zero-order valence-corrected chi connectivity index (χ0v) is 12.2. The molecule has 0 radical (unpaired) electrons. The van der Waals surface area contributed by atoms with E-state index in [0.717, 1.165) is 27.5 Å². The van der Waals surface area contributed by atoms with Gasteiger partial charge in [-0.3, -0.25) is 0 Å². The summed E-state index contributed by atoms with van der Waals surface area (Å²) in [5.74, 6) is 0.775. The molecule has 2 aromatic rings. The minimum Gasteiger partial charge on any atom is -0.497 e. The summed E-state index contributed by atoms with van der Waals surface area (Å²) in [7, 11) is 1.65. The van der Waals surface area contributed by atoms with Crippen molar-refractivity contribution >= 4 is 17.7 Å². The molecule has 0 heterocycles. The van der Waals surface area contributed by atoms with Crippen molar-refractivity contribution in [3.63, 3.8) is 0 Å². The van der Waals surface area contributed by atoms with Crippen molar-refractivity contribution in [2.24, 2.45) is 0 Å². The van der Waals surface area contributed by atoms with Crippen LogP contribution in [-0.2, 0) is 5.75 Å². The second-order valence-corrected chi connectivity index (χ2v) is 5.46. The molecule has 0 unspecified atom stereocenters. The van der Waals surface area contributed by atoms with Crippen molar-refractivity contribution in [1.29, 1.82) is 0 Å². The lowest BCUT2D eigenvalue weighted by molar-refractivity contribution is 0.0697.